The molecular formula is C18H36O6. The summed E-state index contributed by atoms with van der Waals surface area (Å²) in [6.45, 7) is 8.63. The number of hydrogen-bond acceptors (Lipinski definition) is 6. The smallest absolute Gasteiger partial charge is 0.157 e. The van der Waals surface area contributed by atoms with E-state index in [0.717, 1.165) is 32.5 Å². The summed E-state index contributed by atoms with van der Waals surface area (Å²) in [5.74, 6) is 0. The second-order valence-corrected chi connectivity index (χ2v) is 5.82. The fourth-order valence-electron chi connectivity index (χ4n) is 2.30. The van der Waals surface area contributed by atoms with Gasteiger partial charge in [-0.3, -0.25) is 0 Å². The van der Waals surface area contributed by atoms with Gasteiger partial charge in [-0.25, -0.2) is 0 Å². The van der Waals surface area contributed by atoms with E-state index < -0.39 is 0 Å². The molecule has 6 nitrogen and oxygen atoms in total. The van der Waals surface area contributed by atoms with Gasteiger partial charge in [-0.1, -0.05) is 19.8 Å². The van der Waals surface area contributed by atoms with Gasteiger partial charge in [0.15, 0.2) is 6.29 Å². The van der Waals surface area contributed by atoms with Crippen LogP contribution in [-0.2, 0) is 28.4 Å². The van der Waals surface area contributed by atoms with Crippen molar-refractivity contribution in [2.45, 2.75) is 51.7 Å². The molecular weight excluding hydrogens is 312 g/mol. The molecule has 1 fully saturated rings. The van der Waals surface area contributed by atoms with Gasteiger partial charge in [0.2, 0.25) is 0 Å². The standard InChI is InChI=1S/C18H36O6/c1-2-3-5-8-19-10-11-20-12-13-21-14-15-22-16-17-24-18-7-4-6-9-23-18/h18H,2-17H2,1H3. The molecule has 6 heteroatoms. The summed E-state index contributed by atoms with van der Waals surface area (Å²) >= 11 is 0. The molecule has 24 heavy (non-hydrogen) atoms. The molecule has 0 spiro atoms. The molecule has 0 amide bonds. The summed E-state index contributed by atoms with van der Waals surface area (Å²) < 4.78 is 32.8. The molecule has 144 valence electrons. The predicted molar refractivity (Wildman–Crippen MR) is 92.3 cm³/mol. The van der Waals surface area contributed by atoms with Crippen LogP contribution in [0.4, 0.5) is 0 Å². The minimum atomic E-state index is -0.0358. The third-order valence-corrected chi connectivity index (χ3v) is 3.68. The Kier molecular flexibility index (Phi) is 16.0. The van der Waals surface area contributed by atoms with Crippen LogP contribution < -0.4 is 0 Å². The molecule has 1 unspecified atom stereocenters. The number of hydrogen-bond donors (Lipinski definition) is 0. The molecule has 0 bridgehead atoms. The summed E-state index contributed by atoms with van der Waals surface area (Å²) in [6, 6.07) is 0. The SMILES string of the molecule is CCCCCOCCOCCOCCOCCOC1CCCCO1. The van der Waals surface area contributed by atoms with Crippen molar-refractivity contribution in [2.75, 3.05) is 66.1 Å². The Morgan fingerprint density at radius 1 is 0.708 bits per heavy atom. The second-order valence-electron chi connectivity index (χ2n) is 5.82. The monoisotopic (exact) mass is 348 g/mol. The molecule has 0 radical (unpaired) electrons. The van der Waals surface area contributed by atoms with Crippen LogP contribution in [0.2, 0.25) is 0 Å². The van der Waals surface area contributed by atoms with E-state index >= 15 is 0 Å². The van der Waals surface area contributed by atoms with Crippen molar-refractivity contribution in [3.63, 3.8) is 0 Å². The molecule has 0 aromatic heterocycles. The van der Waals surface area contributed by atoms with Gasteiger partial charge < -0.3 is 28.4 Å². The van der Waals surface area contributed by atoms with Gasteiger partial charge in [-0.2, -0.15) is 0 Å². The van der Waals surface area contributed by atoms with Gasteiger partial charge in [-0.15, -0.1) is 0 Å². The van der Waals surface area contributed by atoms with Crippen molar-refractivity contribution in [3.05, 3.63) is 0 Å². The Balaban J connectivity index is 1.66. The Bertz CT molecular complexity index is 246. The Morgan fingerprint density at radius 2 is 1.29 bits per heavy atom. The zero-order valence-corrected chi connectivity index (χ0v) is 15.3. The molecule has 0 saturated carbocycles. The maximum atomic E-state index is 5.58. The summed E-state index contributed by atoms with van der Waals surface area (Å²) in [4.78, 5) is 0. The van der Waals surface area contributed by atoms with Crippen LogP contribution >= 0.6 is 0 Å². The third kappa shape index (κ3) is 14.1. The van der Waals surface area contributed by atoms with Crippen molar-refractivity contribution in [1.82, 2.24) is 0 Å². The lowest BCUT2D eigenvalue weighted by atomic mass is 10.2. The quantitative estimate of drug-likeness (QED) is 0.377. The minimum absolute atomic E-state index is 0.0358. The summed E-state index contributed by atoms with van der Waals surface area (Å²) in [7, 11) is 0. The van der Waals surface area contributed by atoms with Gasteiger partial charge >= 0.3 is 0 Å². The topological polar surface area (TPSA) is 55.4 Å². The lowest BCUT2D eigenvalue weighted by molar-refractivity contribution is -0.169. The van der Waals surface area contributed by atoms with Crippen molar-refractivity contribution in [2.24, 2.45) is 0 Å². The molecule has 1 rings (SSSR count). The average Bonchev–Trinajstić information content (AvgIpc) is 2.62. The van der Waals surface area contributed by atoms with Crippen molar-refractivity contribution >= 4 is 0 Å². The molecule has 1 aliphatic heterocycles. The number of rotatable bonds is 17. The highest BCUT2D eigenvalue weighted by molar-refractivity contribution is 4.53. The van der Waals surface area contributed by atoms with E-state index in [4.69, 9.17) is 28.4 Å². The highest BCUT2D eigenvalue weighted by Crippen LogP contribution is 2.13. The highest BCUT2D eigenvalue weighted by Gasteiger charge is 2.13. The van der Waals surface area contributed by atoms with Crippen LogP contribution in [0.5, 0.6) is 0 Å². The molecule has 1 saturated heterocycles. The molecule has 0 N–H and O–H groups in total. The Hall–Kier alpha value is -0.240. The first-order valence-electron chi connectivity index (χ1n) is 9.47. The van der Waals surface area contributed by atoms with E-state index in [0.29, 0.717) is 52.9 Å². The molecule has 0 aromatic rings. The van der Waals surface area contributed by atoms with Crippen LogP contribution in [0, 0.1) is 0 Å². The van der Waals surface area contributed by atoms with E-state index in [9.17, 15) is 0 Å². The molecule has 1 heterocycles. The predicted octanol–water partition coefficient (Wildman–Crippen LogP) is 2.79. The zero-order valence-electron chi connectivity index (χ0n) is 15.3. The molecule has 1 aliphatic rings. The average molecular weight is 348 g/mol. The van der Waals surface area contributed by atoms with E-state index in [1.807, 2.05) is 0 Å². The fraction of sp³-hybridized carbons (Fsp3) is 1.00. The molecule has 0 aliphatic carbocycles. The Labute approximate surface area is 147 Å². The highest BCUT2D eigenvalue weighted by atomic mass is 16.7. The minimum Gasteiger partial charge on any atom is -0.379 e. The Morgan fingerprint density at radius 3 is 1.83 bits per heavy atom. The first-order chi connectivity index (χ1) is 11.9. The lowest BCUT2D eigenvalue weighted by Crippen LogP contribution is -2.24. The van der Waals surface area contributed by atoms with Gasteiger partial charge in [0, 0.05) is 13.2 Å². The van der Waals surface area contributed by atoms with Crippen LogP contribution in [0.3, 0.4) is 0 Å². The zero-order chi connectivity index (χ0) is 17.1. The van der Waals surface area contributed by atoms with Gasteiger partial charge in [-0.05, 0) is 25.7 Å². The van der Waals surface area contributed by atoms with E-state index in [2.05, 4.69) is 6.92 Å². The molecule has 1 atom stereocenters. The van der Waals surface area contributed by atoms with E-state index in [-0.39, 0.29) is 6.29 Å². The first-order valence-corrected chi connectivity index (χ1v) is 9.47. The van der Waals surface area contributed by atoms with Crippen LogP contribution in [0.15, 0.2) is 0 Å². The van der Waals surface area contributed by atoms with Gasteiger partial charge in [0.05, 0.1) is 52.9 Å². The lowest BCUT2D eigenvalue weighted by Gasteiger charge is -2.22. The van der Waals surface area contributed by atoms with Crippen LogP contribution in [-0.4, -0.2) is 72.4 Å². The normalized spacial score (nSPS) is 18.1. The summed E-state index contributed by atoms with van der Waals surface area (Å²) in [5.41, 5.74) is 0. The van der Waals surface area contributed by atoms with Gasteiger partial charge in [0.1, 0.15) is 0 Å². The maximum absolute atomic E-state index is 5.58. The van der Waals surface area contributed by atoms with E-state index in [1.165, 1.54) is 19.3 Å². The second kappa shape index (κ2) is 17.6. The van der Waals surface area contributed by atoms with Crippen LogP contribution in [0.25, 0.3) is 0 Å². The van der Waals surface area contributed by atoms with Crippen molar-refractivity contribution in [3.8, 4) is 0 Å². The summed E-state index contributed by atoms with van der Waals surface area (Å²) in [6.07, 6.45) is 6.88. The summed E-state index contributed by atoms with van der Waals surface area (Å²) in [5, 5.41) is 0. The molecule has 0 aromatic carbocycles. The number of unbranched alkanes of at least 4 members (excludes halogenated alkanes) is 2. The van der Waals surface area contributed by atoms with Crippen molar-refractivity contribution < 1.29 is 28.4 Å². The fourth-order valence-corrected chi connectivity index (χ4v) is 2.30. The number of ether oxygens (including phenoxy) is 6. The first kappa shape index (κ1) is 21.8. The van der Waals surface area contributed by atoms with Gasteiger partial charge in [0.25, 0.3) is 0 Å². The maximum Gasteiger partial charge on any atom is 0.157 e. The van der Waals surface area contributed by atoms with E-state index in [1.54, 1.807) is 0 Å². The van der Waals surface area contributed by atoms with Crippen LogP contribution in [0.1, 0.15) is 45.4 Å². The third-order valence-electron chi connectivity index (χ3n) is 3.68. The largest absolute Gasteiger partial charge is 0.379 e. The van der Waals surface area contributed by atoms with Crippen molar-refractivity contribution in [1.29, 1.82) is 0 Å².